The molecule has 0 saturated heterocycles. The third kappa shape index (κ3) is 4.47. The first kappa shape index (κ1) is 21.1. The number of imidazole rings is 1. The molecule has 1 unspecified atom stereocenters. The Kier molecular flexibility index (Phi) is 5.80. The number of aromatic amines is 1. The molecule has 2 N–H and O–H groups in total. The predicted molar refractivity (Wildman–Crippen MR) is 121 cm³/mol. The zero-order valence-corrected chi connectivity index (χ0v) is 18.4. The van der Waals surface area contributed by atoms with E-state index < -0.39 is 16.1 Å². The van der Waals surface area contributed by atoms with Crippen LogP contribution >= 0.6 is 0 Å². The van der Waals surface area contributed by atoms with E-state index in [1.165, 1.54) is 4.31 Å². The molecular weight excluding hydrogens is 410 g/mol. The van der Waals surface area contributed by atoms with E-state index >= 15 is 0 Å². The molecule has 0 aliphatic carbocycles. The Morgan fingerprint density at radius 3 is 2.45 bits per heavy atom. The Morgan fingerprint density at radius 1 is 0.968 bits per heavy atom. The largest absolute Gasteiger partial charge is 0.387 e. The average Bonchev–Trinajstić information content (AvgIpc) is 3.15. The molecule has 0 aliphatic rings. The number of nitrogens with one attached hydrogen (secondary N) is 1. The number of hydrogen-bond acceptors (Lipinski definition) is 3. The summed E-state index contributed by atoms with van der Waals surface area (Å²) in [4.78, 5) is 3.37. The van der Waals surface area contributed by atoms with Crippen LogP contribution in [0.5, 0.6) is 0 Å². The molecule has 4 aromatic rings. The number of aromatic nitrogens is 2. The van der Waals surface area contributed by atoms with E-state index in [0.29, 0.717) is 5.69 Å². The van der Waals surface area contributed by atoms with E-state index in [-0.39, 0.29) is 18.0 Å². The van der Waals surface area contributed by atoms with Gasteiger partial charge in [0.2, 0.25) is 6.33 Å². The van der Waals surface area contributed by atoms with Crippen molar-refractivity contribution in [2.75, 3.05) is 10.8 Å². The van der Waals surface area contributed by atoms with Crippen molar-refractivity contribution in [2.24, 2.45) is 0 Å². The van der Waals surface area contributed by atoms with Gasteiger partial charge in [0, 0.05) is 0 Å². The highest BCUT2D eigenvalue weighted by molar-refractivity contribution is 7.92. The number of benzene rings is 3. The molecule has 0 bridgehead atoms. The molecule has 0 spiro atoms. The summed E-state index contributed by atoms with van der Waals surface area (Å²) < 4.78 is 30.2. The van der Waals surface area contributed by atoms with Crippen LogP contribution in [-0.2, 0) is 16.6 Å². The predicted octanol–water partition coefficient (Wildman–Crippen LogP) is 3.33. The Balaban J connectivity index is 1.66. The minimum atomic E-state index is -3.85. The highest BCUT2D eigenvalue weighted by Gasteiger charge is 2.28. The summed E-state index contributed by atoms with van der Waals surface area (Å²) in [5.41, 5.74) is 4.37. The molecule has 0 radical (unpaired) electrons. The van der Waals surface area contributed by atoms with Gasteiger partial charge < -0.3 is 5.11 Å². The second-order valence-electron chi connectivity index (χ2n) is 7.78. The van der Waals surface area contributed by atoms with Crippen molar-refractivity contribution in [2.45, 2.75) is 31.4 Å². The smallest absolute Gasteiger partial charge is 0.264 e. The van der Waals surface area contributed by atoms with Crippen LogP contribution in [-0.4, -0.2) is 31.2 Å². The third-order valence-corrected chi connectivity index (χ3v) is 7.08. The number of aliphatic hydroxyl groups is 1. The van der Waals surface area contributed by atoms with E-state index in [1.54, 1.807) is 36.7 Å². The number of anilines is 1. The number of H-pyrrole nitrogens is 1. The van der Waals surface area contributed by atoms with Crippen LogP contribution in [0, 0.1) is 13.8 Å². The average molecular weight is 437 g/mol. The summed E-state index contributed by atoms with van der Waals surface area (Å²) in [6.07, 6.45) is 0.879. The van der Waals surface area contributed by atoms with Crippen molar-refractivity contribution in [3.8, 4) is 0 Å². The number of aliphatic hydroxyl groups excluding tert-OH is 1. The fourth-order valence-corrected chi connectivity index (χ4v) is 5.15. The highest BCUT2D eigenvalue weighted by atomic mass is 32.2. The maximum absolute atomic E-state index is 13.5. The van der Waals surface area contributed by atoms with Crippen LogP contribution in [0.3, 0.4) is 0 Å². The molecule has 31 heavy (non-hydrogen) atoms. The molecule has 7 heteroatoms. The zero-order chi connectivity index (χ0) is 22.0. The summed E-state index contributed by atoms with van der Waals surface area (Å²) in [5, 5.41) is 10.9. The van der Waals surface area contributed by atoms with Crippen molar-refractivity contribution >= 4 is 26.7 Å². The standard InChI is InChI=1S/C24H25N3O3S/c1-18-10-12-22(13-11-18)31(29,30)27(20-7-5-6-19(2)14-20)16-21(28)15-26-17-25-23-8-3-4-9-24(23)26/h3-14,17,21,28H,15-16H2,1-2H3/p+1. The Hall–Kier alpha value is -3.16. The maximum atomic E-state index is 13.5. The molecular formula is C24H26N3O3S+. The van der Waals surface area contributed by atoms with Crippen molar-refractivity contribution < 1.29 is 18.1 Å². The first-order chi connectivity index (χ1) is 14.8. The molecule has 0 saturated carbocycles. The number of nitrogens with zero attached hydrogens (tertiary/aromatic N) is 2. The van der Waals surface area contributed by atoms with Crippen LogP contribution in [0.15, 0.2) is 84.0 Å². The van der Waals surface area contributed by atoms with Crippen molar-refractivity contribution in [1.82, 2.24) is 4.98 Å². The number of fused-ring (bicyclic) bond motifs is 1. The van der Waals surface area contributed by atoms with Crippen LogP contribution in [0.25, 0.3) is 11.0 Å². The Morgan fingerprint density at radius 2 is 1.71 bits per heavy atom. The normalized spacial score (nSPS) is 12.7. The SMILES string of the molecule is Cc1ccc(S(=O)(=O)N(CC(O)C[n+]2c[nH]c3ccccc32)c2cccc(C)c2)cc1. The summed E-state index contributed by atoms with van der Waals surface area (Å²) in [5.74, 6) is 0. The molecule has 4 rings (SSSR count). The van der Waals surface area contributed by atoms with Gasteiger partial charge in [0.05, 0.1) is 17.1 Å². The molecule has 160 valence electrons. The van der Waals surface area contributed by atoms with Gasteiger partial charge in [-0.3, -0.25) is 4.31 Å². The van der Waals surface area contributed by atoms with Crippen molar-refractivity contribution in [1.29, 1.82) is 0 Å². The monoisotopic (exact) mass is 436 g/mol. The molecule has 0 aliphatic heterocycles. The lowest BCUT2D eigenvalue weighted by Crippen LogP contribution is -2.45. The van der Waals surface area contributed by atoms with Gasteiger partial charge in [-0.2, -0.15) is 0 Å². The molecule has 1 heterocycles. The highest BCUT2D eigenvalue weighted by Crippen LogP contribution is 2.25. The van der Waals surface area contributed by atoms with E-state index in [4.69, 9.17) is 0 Å². The Labute approximate surface area is 182 Å². The second-order valence-corrected chi connectivity index (χ2v) is 9.65. The van der Waals surface area contributed by atoms with E-state index in [9.17, 15) is 13.5 Å². The minimum Gasteiger partial charge on any atom is -0.387 e. The lowest BCUT2D eigenvalue weighted by atomic mass is 10.2. The summed E-state index contributed by atoms with van der Waals surface area (Å²) in [7, 11) is -3.85. The maximum Gasteiger partial charge on any atom is 0.264 e. The molecule has 3 aromatic carbocycles. The number of para-hydroxylation sites is 2. The zero-order valence-electron chi connectivity index (χ0n) is 17.6. The molecule has 0 amide bonds. The van der Waals surface area contributed by atoms with Gasteiger partial charge >= 0.3 is 0 Å². The van der Waals surface area contributed by atoms with E-state index in [0.717, 1.165) is 22.2 Å². The number of aryl methyl sites for hydroxylation is 2. The molecule has 1 atom stereocenters. The van der Waals surface area contributed by atoms with Gasteiger partial charge in [-0.1, -0.05) is 42.0 Å². The molecule has 1 aromatic heterocycles. The fraction of sp³-hybridized carbons (Fsp3) is 0.208. The topological polar surface area (TPSA) is 77.3 Å². The first-order valence-corrected chi connectivity index (χ1v) is 11.6. The second kappa shape index (κ2) is 8.53. The lowest BCUT2D eigenvalue weighted by molar-refractivity contribution is -0.678. The van der Waals surface area contributed by atoms with Gasteiger partial charge in [0.1, 0.15) is 12.6 Å². The Bertz CT molecular complexity index is 1300. The number of rotatable bonds is 7. The van der Waals surface area contributed by atoms with Crippen LogP contribution in [0.1, 0.15) is 11.1 Å². The van der Waals surface area contributed by atoms with Gasteiger partial charge in [-0.05, 0) is 55.8 Å². The summed E-state index contributed by atoms with van der Waals surface area (Å²) >= 11 is 0. The van der Waals surface area contributed by atoms with Crippen LogP contribution < -0.4 is 8.87 Å². The van der Waals surface area contributed by atoms with Crippen LogP contribution in [0.2, 0.25) is 0 Å². The third-order valence-electron chi connectivity index (χ3n) is 5.27. The van der Waals surface area contributed by atoms with E-state index in [2.05, 4.69) is 4.98 Å². The first-order valence-electron chi connectivity index (χ1n) is 10.1. The lowest BCUT2D eigenvalue weighted by Gasteiger charge is -2.27. The number of sulfonamides is 1. The quantitative estimate of drug-likeness (QED) is 0.436. The van der Waals surface area contributed by atoms with Gasteiger partial charge in [0.15, 0.2) is 11.0 Å². The van der Waals surface area contributed by atoms with Gasteiger partial charge in [-0.25, -0.2) is 18.0 Å². The molecule has 0 fully saturated rings. The van der Waals surface area contributed by atoms with E-state index in [1.807, 2.05) is 60.9 Å². The van der Waals surface area contributed by atoms with Gasteiger partial charge in [-0.15, -0.1) is 0 Å². The molecule has 6 nitrogen and oxygen atoms in total. The van der Waals surface area contributed by atoms with Crippen LogP contribution in [0.4, 0.5) is 5.69 Å². The summed E-state index contributed by atoms with van der Waals surface area (Å²) in [6, 6.07) is 21.9. The fourth-order valence-electron chi connectivity index (χ4n) is 3.65. The number of hydrogen-bond donors (Lipinski definition) is 2. The van der Waals surface area contributed by atoms with Gasteiger partial charge in [0.25, 0.3) is 10.0 Å². The minimum absolute atomic E-state index is 0.0633. The van der Waals surface area contributed by atoms with Crippen molar-refractivity contribution in [3.05, 3.63) is 90.3 Å². The summed E-state index contributed by atoms with van der Waals surface area (Å²) in [6.45, 7) is 4.03. The van der Waals surface area contributed by atoms with Crippen molar-refractivity contribution in [3.63, 3.8) is 0 Å².